The number of nitrogens with zero attached hydrogens (tertiary/aromatic N) is 2. The van der Waals surface area contributed by atoms with Crippen LogP contribution in [0, 0.1) is 5.92 Å². The number of piperidine rings is 1. The second-order valence-corrected chi connectivity index (χ2v) is 5.63. The fraction of sp³-hybridized carbons (Fsp3) is 0.533. The average Bonchev–Trinajstić information content (AvgIpc) is 2.40. The first-order chi connectivity index (χ1) is 9.47. The number of rotatable bonds is 3. The van der Waals surface area contributed by atoms with Gasteiger partial charge in [0.25, 0.3) is 5.91 Å². The maximum Gasteiger partial charge on any atom is 0.257 e. The van der Waals surface area contributed by atoms with Gasteiger partial charge in [-0.1, -0.05) is 0 Å². The van der Waals surface area contributed by atoms with Crippen molar-refractivity contribution in [1.29, 1.82) is 0 Å². The van der Waals surface area contributed by atoms with Crippen molar-refractivity contribution in [1.82, 2.24) is 9.80 Å². The van der Waals surface area contributed by atoms with Crippen molar-refractivity contribution in [2.45, 2.75) is 12.8 Å². The van der Waals surface area contributed by atoms with E-state index in [0.29, 0.717) is 12.5 Å². The van der Waals surface area contributed by atoms with Crippen molar-refractivity contribution < 1.29 is 15.0 Å². The van der Waals surface area contributed by atoms with Gasteiger partial charge in [0.15, 0.2) is 0 Å². The smallest absolute Gasteiger partial charge is 0.257 e. The topological polar surface area (TPSA) is 64.0 Å². The van der Waals surface area contributed by atoms with Gasteiger partial charge in [0.1, 0.15) is 11.5 Å². The maximum atomic E-state index is 12.3. The number of carbonyl (C=O) groups excluding carboxylic acids is 1. The zero-order chi connectivity index (χ0) is 14.7. The molecule has 0 radical (unpaired) electrons. The van der Waals surface area contributed by atoms with E-state index < -0.39 is 0 Å². The molecule has 5 heteroatoms. The van der Waals surface area contributed by atoms with E-state index in [2.05, 4.69) is 11.9 Å². The molecule has 1 amide bonds. The van der Waals surface area contributed by atoms with Crippen LogP contribution in [0.1, 0.15) is 23.2 Å². The highest BCUT2D eigenvalue weighted by molar-refractivity contribution is 5.96. The largest absolute Gasteiger partial charge is 0.508 e. The third kappa shape index (κ3) is 3.42. The highest BCUT2D eigenvalue weighted by atomic mass is 16.3. The Hall–Kier alpha value is -1.75. The van der Waals surface area contributed by atoms with Crippen LogP contribution in [-0.2, 0) is 0 Å². The second kappa shape index (κ2) is 6.13. The van der Waals surface area contributed by atoms with Crippen LogP contribution in [0.15, 0.2) is 18.2 Å². The Morgan fingerprint density at radius 1 is 1.35 bits per heavy atom. The summed E-state index contributed by atoms with van der Waals surface area (Å²) in [7, 11) is 3.87. The molecule has 0 unspecified atom stereocenters. The zero-order valence-corrected chi connectivity index (χ0v) is 12.0. The van der Waals surface area contributed by atoms with Gasteiger partial charge in [-0.15, -0.1) is 0 Å². The van der Waals surface area contributed by atoms with E-state index >= 15 is 0 Å². The summed E-state index contributed by atoms with van der Waals surface area (Å²) in [5, 5.41) is 19.0. The second-order valence-electron chi connectivity index (χ2n) is 5.63. The molecule has 5 nitrogen and oxygen atoms in total. The Kier molecular flexibility index (Phi) is 4.49. The Morgan fingerprint density at radius 2 is 2.00 bits per heavy atom. The summed E-state index contributed by atoms with van der Waals surface area (Å²) < 4.78 is 0. The SMILES string of the molecule is CN1CCC(CN(C)C(=O)c2ccc(O)cc2O)CC1. The van der Waals surface area contributed by atoms with Gasteiger partial charge in [-0.25, -0.2) is 0 Å². The molecule has 0 bridgehead atoms. The molecule has 2 N–H and O–H groups in total. The highest BCUT2D eigenvalue weighted by Gasteiger charge is 2.22. The molecule has 2 rings (SSSR count). The molecular weight excluding hydrogens is 256 g/mol. The Morgan fingerprint density at radius 3 is 2.60 bits per heavy atom. The highest BCUT2D eigenvalue weighted by Crippen LogP contribution is 2.24. The first-order valence-corrected chi connectivity index (χ1v) is 6.93. The van der Waals surface area contributed by atoms with Crippen molar-refractivity contribution in [3.05, 3.63) is 23.8 Å². The van der Waals surface area contributed by atoms with Crippen molar-refractivity contribution in [3.8, 4) is 11.5 Å². The molecule has 1 aliphatic heterocycles. The minimum absolute atomic E-state index is 0.0444. The van der Waals surface area contributed by atoms with Gasteiger partial charge in [0, 0.05) is 19.7 Å². The van der Waals surface area contributed by atoms with E-state index in [9.17, 15) is 15.0 Å². The van der Waals surface area contributed by atoms with Gasteiger partial charge < -0.3 is 20.0 Å². The quantitative estimate of drug-likeness (QED) is 0.879. The lowest BCUT2D eigenvalue weighted by Gasteiger charge is -2.31. The Labute approximate surface area is 119 Å². The number of phenols is 2. The van der Waals surface area contributed by atoms with Gasteiger partial charge in [0.2, 0.25) is 0 Å². The van der Waals surface area contributed by atoms with E-state index in [1.165, 1.54) is 18.2 Å². The number of aromatic hydroxyl groups is 2. The summed E-state index contributed by atoms with van der Waals surface area (Å²) in [4.78, 5) is 16.2. The molecule has 1 saturated heterocycles. The monoisotopic (exact) mass is 278 g/mol. The predicted octanol–water partition coefficient (Wildman–Crippen LogP) is 1.51. The van der Waals surface area contributed by atoms with E-state index in [1.807, 2.05) is 0 Å². The Balaban J connectivity index is 1.98. The van der Waals surface area contributed by atoms with Crippen molar-refractivity contribution in [3.63, 3.8) is 0 Å². The molecule has 0 aliphatic carbocycles. The van der Waals surface area contributed by atoms with Gasteiger partial charge in [-0.3, -0.25) is 4.79 Å². The fourth-order valence-electron chi connectivity index (χ4n) is 2.62. The number of carbonyl (C=O) groups is 1. The van der Waals surface area contributed by atoms with Crippen LogP contribution >= 0.6 is 0 Å². The van der Waals surface area contributed by atoms with Crippen molar-refractivity contribution in [2.24, 2.45) is 5.92 Å². The molecule has 20 heavy (non-hydrogen) atoms. The number of likely N-dealkylation sites (tertiary alicyclic amines) is 1. The minimum atomic E-state index is -0.207. The first-order valence-electron chi connectivity index (χ1n) is 6.93. The fourth-order valence-corrected chi connectivity index (χ4v) is 2.62. The lowest BCUT2D eigenvalue weighted by atomic mass is 9.96. The number of amides is 1. The summed E-state index contributed by atoms with van der Waals surface area (Å²) >= 11 is 0. The van der Waals surface area contributed by atoms with Crippen LogP contribution in [-0.4, -0.2) is 59.6 Å². The van der Waals surface area contributed by atoms with Crippen LogP contribution < -0.4 is 0 Å². The molecule has 1 fully saturated rings. The molecule has 0 spiro atoms. The van der Waals surface area contributed by atoms with Gasteiger partial charge in [0.05, 0.1) is 5.56 Å². The van der Waals surface area contributed by atoms with Crippen LogP contribution in [0.25, 0.3) is 0 Å². The molecule has 1 heterocycles. The molecular formula is C15H22N2O3. The summed E-state index contributed by atoms with van der Waals surface area (Å²) in [6, 6.07) is 4.06. The Bertz CT molecular complexity index is 482. The maximum absolute atomic E-state index is 12.3. The van der Waals surface area contributed by atoms with Crippen LogP contribution in [0.4, 0.5) is 0 Å². The van der Waals surface area contributed by atoms with Gasteiger partial charge in [-0.2, -0.15) is 0 Å². The van der Waals surface area contributed by atoms with Crippen LogP contribution in [0.5, 0.6) is 11.5 Å². The van der Waals surface area contributed by atoms with E-state index in [0.717, 1.165) is 25.9 Å². The molecule has 0 saturated carbocycles. The lowest BCUT2D eigenvalue weighted by molar-refractivity contribution is 0.0744. The van der Waals surface area contributed by atoms with Crippen molar-refractivity contribution >= 4 is 5.91 Å². The van der Waals surface area contributed by atoms with Crippen molar-refractivity contribution in [2.75, 3.05) is 33.7 Å². The third-order valence-corrected chi connectivity index (χ3v) is 3.93. The van der Waals surface area contributed by atoms with Gasteiger partial charge in [-0.05, 0) is 51.0 Å². The molecule has 0 atom stereocenters. The minimum Gasteiger partial charge on any atom is -0.508 e. The van der Waals surface area contributed by atoms with Gasteiger partial charge >= 0.3 is 0 Å². The number of hydrogen-bond acceptors (Lipinski definition) is 4. The van der Waals surface area contributed by atoms with Crippen LogP contribution in [0.2, 0.25) is 0 Å². The van der Waals surface area contributed by atoms with E-state index in [4.69, 9.17) is 0 Å². The normalized spacial score (nSPS) is 17.1. The standard InChI is InChI=1S/C15H22N2O3/c1-16-7-5-11(6-8-16)10-17(2)15(20)13-4-3-12(18)9-14(13)19/h3-4,9,11,18-19H,5-8,10H2,1-2H3. The molecule has 1 aromatic carbocycles. The number of benzene rings is 1. The third-order valence-electron chi connectivity index (χ3n) is 3.93. The van der Waals surface area contributed by atoms with E-state index in [1.54, 1.807) is 11.9 Å². The molecule has 1 aliphatic rings. The molecule has 0 aromatic heterocycles. The number of hydrogen-bond donors (Lipinski definition) is 2. The zero-order valence-electron chi connectivity index (χ0n) is 12.0. The summed E-state index contributed by atoms with van der Waals surface area (Å²) in [6.45, 7) is 2.83. The van der Waals surface area contributed by atoms with E-state index in [-0.39, 0.29) is 23.0 Å². The summed E-state index contributed by atoms with van der Waals surface area (Å²) in [5.41, 5.74) is 0.234. The molecule has 1 aromatic rings. The summed E-state index contributed by atoms with van der Waals surface area (Å²) in [6.07, 6.45) is 2.19. The molecule has 110 valence electrons. The predicted molar refractivity (Wildman–Crippen MR) is 77.0 cm³/mol. The number of phenolic OH excluding ortho intramolecular Hbond substituents is 2. The van der Waals surface area contributed by atoms with Crippen LogP contribution in [0.3, 0.4) is 0 Å². The first kappa shape index (κ1) is 14.7. The lowest BCUT2D eigenvalue weighted by Crippen LogP contribution is -2.37. The summed E-state index contributed by atoms with van der Waals surface area (Å²) in [5.74, 6) is 0.0862. The average molecular weight is 278 g/mol.